The number of hydrogen-bond acceptors (Lipinski definition) is 0. The molecule has 0 spiro atoms. The van der Waals surface area contributed by atoms with Crippen molar-refractivity contribution in [3.05, 3.63) is 103 Å². The van der Waals surface area contributed by atoms with E-state index in [0.717, 1.165) is 0 Å². The summed E-state index contributed by atoms with van der Waals surface area (Å²) in [7, 11) is 0. The van der Waals surface area contributed by atoms with Crippen molar-refractivity contribution < 1.29 is 0 Å². The van der Waals surface area contributed by atoms with Crippen molar-refractivity contribution in [1.82, 2.24) is 4.57 Å². The van der Waals surface area contributed by atoms with Gasteiger partial charge in [-0.25, -0.2) is 0 Å². The average molecular weight is 376 g/mol. The maximum absolute atomic E-state index is 2.41. The van der Waals surface area contributed by atoms with E-state index >= 15 is 0 Å². The van der Waals surface area contributed by atoms with Crippen LogP contribution in [0.4, 0.5) is 0 Å². The highest BCUT2D eigenvalue weighted by atomic mass is 15.0. The molecule has 0 aliphatic rings. The van der Waals surface area contributed by atoms with Crippen molar-refractivity contribution in [2.24, 2.45) is 0 Å². The molecule has 0 amide bonds. The number of rotatable bonds is 2. The van der Waals surface area contributed by atoms with Crippen LogP contribution in [0.5, 0.6) is 0 Å². The molecule has 1 heteroatoms. The third kappa shape index (κ3) is 2.94. The second-order valence-corrected chi connectivity index (χ2v) is 8.72. The summed E-state index contributed by atoms with van der Waals surface area (Å²) in [5.74, 6) is 0. The molecule has 29 heavy (non-hydrogen) atoms. The molecule has 0 unspecified atom stereocenters. The van der Waals surface area contributed by atoms with Crippen LogP contribution in [-0.4, -0.2) is 4.57 Å². The number of nitrogens with zero attached hydrogens (tertiary/aromatic N) is 1. The Morgan fingerprint density at radius 3 is 2.00 bits per heavy atom. The fourth-order valence-corrected chi connectivity index (χ4v) is 4.25. The van der Waals surface area contributed by atoms with E-state index in [1.807, 2.05) is 0 Å². The minimum absolute atomic E-state index is 0.106. The smallest absolute Gasteiger partial charge is 0.0547 e. The Morgan fingerprint density at radius 2 is 1.31 bits per heavy atom. The lowest BCUT2D eigenvalue weighted by Gasteiger charge is -2.19. The molecule has 142 valence electrons. The Labute approximate surface area is 172 Å². The van der Waals surface area contributed by atoms with Crippen LogP contribution in [0.1, 0.15) is 26.3 Å². The molecule has 0 fully saturated rings. The number of para-hydroxylation sites is 1. The van der Waals surface area contributed by atoms with Crippen molar-refractivity contribution >= 4 is 21.8 Å². The quantitative estimate of drug-likeness (QED) is 0.297. The second kappa shape index (κ2) is 6.63. The fraction of sp³-hybridized carbons (Fsp3) is 0.143. The molecular formula is C28H25N. The Balaban J connectivity index is 1.95. The monoisotopic (exact) mass is 375 g/mol. The summed E-state index contributed by atoms with van der Waals surface area (Å²) in [6.07, 6.45) is 0. The maximum atomic E-state index is 2.41. The summed E-state index contributed by atoms with van der Waals surface area (Å²) >= 11 is 0. The van der Waals surface area contributed by atoms with Crippen LogP contribution in [0.15, 0.2) is 97.1 Å². The highest BCUT2D eigenvalue weighted by Crippen LogP contribution is 2.39. The van der Waals surface area contributed by atoms with Gasteiger partial charge in [0.1, 0.15) is 0 Å². The zero-order valence-corrected chi connectivity index (χ0v) is 17.2. The highest BCUT2D eigenvalue weighted by molar-refractivity contribution is 6.15. The largest absolute Gasteiger partial charge is 0.309 e. The van der Waals surface area contributed by atoms with Crippen LogP contribution >= 0.6 is 0 Å². The summed E-state index contributed by atoms with van der Waals surface area (Å²) in [5.41, 5.74) is 7.71. The van der Waals surface area contributed by atoms with Gasteiger partial charge in [-0.05, 0) is 46.4 Å². The van der Waals surface area contributed by atoms with E-state index < -0.39 is 0 Å². The van der Waals surface area contributed by atoms with Crippen LogP contribution in [0.2, 0.25) is 0 Å². The van der Waals surface area contributed by atoms with Crippen molar-refractivity contribution in [3.8, 4) is 16.8 Å². The second-order valence-electron chi connectivity index (χ2n) is 8.72. The van der Waals surface area contributed by atoms with Gasteiger partial charge in [-0.2, -0.15) is 0 Å². The molecular weight excluding hydrogens is 350 g/mol. The number of hydrogen-bond donors (Lipinski definition) is 0. The van der Waals surface area contributed by atoms with Crippen molar-refractivity contribution in [2.75, 3.05) is 0 Å². The average Bonchev–Trinajstić information content (AvgIpc) is 3.08. The van der Waals surface area contributed by atoms with Crippen LogP contribution in [-0.2, 0) is 5.41 Å². The third-order valence-corrected chi connectivity index (χ3v) is 5.76. The van der Waals surface area contributed by atoms with Crippen molar-refractivity contribution in [3.63, 3.8) is 0 Å². The van der Waals surface area contributed by atoms with Gasteiger partial charge in [-0.15, -0.1) is 0 Å². The zero-order chi connectivity index (χ0) is 20.0. The van der Waals surface area contributed by atoms with E-state index in [4.69, 9.17) is 0 Å². The Bertz CT molecular complexity index is 1300. The molecule has 4 aromatic carbocycles. The third-order valence-electron chi connectivity index (χ3n) is 5.76. The van der Waals surface area contributed by atoms with Gasteiger partial charge in [-0.1, -0.05) is 93.6 Å². The van der Waals surface area contributed by atoms with E-state index in [2.05, 4.69) is 122 Å². The predicted molar refractivity (Wildman–Crippen MR) is 125 cm³/mol. The van der Waals surface area contributed by atoms with Gasteiger partial charge in [0.2, 0.25) is 0 Å². The van der Waals surface area contributed by atoms with Crippen LogP contribution in [0, 0.1) is 0 Å². The molecule has 5 aromatic rings. The Kier molecular flexibility index (Phi) is 4.06. The van der Waals surface area contributed by atoms with Crippen LogP contribution < -0.4 is 0 Å². The van der Waals surface area contributed by atoms with E-state index in [1.54, 1.807) is 0 Å². The van der Waals surface area contributed by atoms with E-state index in [1.165, 1.54) is 44.2 Å². The summed E-state index contributed by atoms with van der Waals surface area (Å²) in [5, 5.41) is 2.62. The molecule has 1 nitrogen and oxygen atoms in total. The molecule has 0 saturated heterocycles. The molecule has 1 aromatic heterocycles. The van der Waals surface area contributed by atoms with Gasteiger partial charge >= 0.3 is 0 Å². The molecule has 1 heterocycles. The van der Waals surface area contributed by atoms with E-state index in [0.29, 0.717) is 0 Å². The van der Waals surface area contributed by atoms with E-state index in [9.17, 15) is 0 Å². The molecule has 5 rings (SSSR count). The van der Waals surface area contributed by atoms with Crippen LogP contribution in [0.25, 0.3) is 38.6 Å². The first kappa shape index (κ1) is 17.8. The summed E-state index contributed by atoms with van der Waals surface area (Å²) < 4.78 is 2.41. The number of benzene rings is 4. The molecule has 0 atom stereocenters. The predicted octanol–water partition coefficient (Wildman–Crippen LogP) is 7.75. The standard InChI is InChI=1S/C28H25N/c1-28(2,3)21-17-18-24-26(19-21)29(22-13-8-5-9-14-22)25-16-10-15-23(27(24)25)20-11-6-4-7-12-20/h4-19H,1-3H3. The lowest BCUT2D eigenvalue weighted by molar-refractivity contribution is 0.591. The first-order valence-corrected chi connectivity index (χ1v) is 10.2. The van der Waals surface area contributed by atoms with Gasteiger partial charge < -0.3 is 4.57 Å². The Hall–Kier alpha value is -3.32. The maximum Gasteiger partial charge on any atom is 0.0547 e. The number of aromatic nitrogens is 1. The number of fused-ring (bicyclic) bond motifs is 3. The normalized spacial score (nSPS) is 12.0. The SMILES string of the molecule is CC(C)(C)c1ccc2c3c(-c4ccccc4)cccc3n(-c3ccccc3)c2c1. The summed E-state index contributed by atoms with van der Waals surface area (Å²) in [6.45, 7) is 6.83. The zero-order valence-electron chi connectivity index (χ0n) is 17.2. The molecule has 0 aliphatic heterocycles. The minimum atomic E-state index is 0.106. The minimum Gasteiger partial charge on any atom is -0.309 e. The van der Waals surface area contributed by atoms with Gasteiger partial charge in [0, 0.05) is 16.5 Å². The molecule has 0 saturated carbocycles. The fourth-order valence-electron chi connectivity index (χ4n) is 4.25. The summed E-state index contributed by atoms with van der Waals surface area (Å²) in [4.78, 5) is 0. The molecule has 0 aliphatic carbocycles. The van der Waals surface area contributed by atoms with Crippen LogP contribution in [0.3, 0.4) is 0 Å². The lowest BCUT2D eigenvalue weighted by atomic mass is 9.86. The van der Waals surface area contributed by atoms with Crippen molar-refractivity contribution in [1.29, 1.82) is 0 Å². The lowest BCUT2D eigenvalue weighted by Crippen LogP contribution is -2.10. The first-order chi connectivity index (χ1) is 14.0. The van der Waals surface area contributed by atoms with Gasteiger partial charge in [0.25, 0.3) is 0 Å². The van der Waals surface area contributed by atoms with Gasteiger partial charge in [0.15, 0.2) is 0 Å². The topological polar surface area (TPSA) is 4.93 Å². The first-order valence-electron chi connectivity index (χ1n) is 10.2. The summed E-state index contributed by atoms with van der Waals surface area (Å²) in [6, 6.07) is 35.0. The van der Waals surface area contributed by atoms with Gasteiger partial charge in [-0.3, -0.25) is 0 Å². The van der Waals surface area contributed by atoms with Gasteiger partial charge in [0.05, 0.1) is 11.0 Å². The molecule has 0 N–H and O–H groups in total. The Morgan fingerprint density at radius 1 is 0.621 bits per heavy atom. The van der Waals surface area contributed by atoms with E-state index in [-0.39, 0.29) is 5.41 Å². The highest BCUT2D eigenvalue weighted by Gasteiger charge is 2.19. The molecule has 0 radical (unpaired) electrons. The van der Waals surface area contributed by atoms with Crippen molar-refractivity contribution in [2.45, 2.75) is 26.2 Å². The molecule has 0 bridgehead atoms.